The van der Waals surface area contributed by atoms with Crippen molar-refractivity contribution >= 4 is 45.4 Å². The Morgan fingerprint density at radius 2 is 1.61 bits per heavy atom. The fraction of sp³-hybridized carbons (Fsp3) is 0.412. The molecule has 0 saturated heterocycles. The topological polar surface area (TPSA) is 123 Å². The normalized spacial score (nSPS) is 11.8. The molecule has 0 spiro atoms. The summed E-state index contributed by atoms with van der Waals surface area (Å²) in [6, 6.07) is 17.7. The molecule has 3 aromatic heterocycles. The highest BCUT2D eigenvalue weighted by molar-refractivity contribution is 7.91. The molecule has 1 aromatic carbocycles. The smallest absolute Gasteiger partial charge is 0.325 e. The van der Waals surface area contributed by atoms with Crippen molar-refractivity contribution in [3.8, 4) is 10.6 Å². The number of hydrogen-bond acceptors (Lipinski definition) is 10. The highest BCUT2D eigenvalue weighted by Gasteiger charge is 2.31. The van der Waals surface area contributed by atoms with Gasteiger partial charge in [-0.2, -0.15) is 0 Å². The van der Waals surface area contributed by atoms with E-state index in [9.17, 15) is 13.2 Å². The van der Waals surface area contributed by atoms with Crippen LogP contribution in [0.3, 0.4) is 0 Å². The standard InChI is InChI=1S/C34H43N5O4S2.ClH/c1-2-3-4-5-6-7-8-9-12-23-43-32(40)26-37-30-15-13-14-29(39-30)34(45(41,42)31-16-10-11-21-35-31)38-25-27-17-19-28(20-18-27)33-36-22-24-44-33;/h10-11,13-22,24,34,38H,2-9,12,23,25-26H2,1H3,(H,37,39);1H. The minimum atomic E-state index is -3.96. The lowest BCUT2D eigenvalue weighted by atomic mass is 10.1. The number of sulfone groups is 1. The van der Waals surface area contributed by atoms with E-state index in [0.29, 0.717) is 12.4 Å². The quantitative estimate of drug-likeness (QED) is 0.0709. The number of rotatable bonds is 20. The van der Waals surface area contributed by atoms with Crippen LogP contribution in [0.4, 0.5) is 5.82 Å². The van der Waals surface area contributed by atoms with Gasteiger partial charge in [0, 0.05) is 29.9 Å². The molecule has 4 aromatic rings. The van der Waals surface area contributed by atoms with Crippen molar-refractivity contribution in [2.24, 2.45) is 0 Å². The minimum absolute atomic E-state index is 0. The van der Waals surface area contributed by atoms with Gasteiger partial charge in [-0.3, -0.25) is 10.1 Å². The van der Waals surface area contributed by atoms with Gasteiger partial charge in [-0.1, -0.05) is 94.7 Å². The number of anilines is 1. The zero-order valence-corrected chi connectivity index (χ0v) is 28.7. The van der Waals surface area contributed by atoms with Gasteiger partial charge in [0.05, 0.1) is 12.3 Å². The first kappa shape index (κ1) is 37.1. The maximum atomic E-state index is 13.7. The number of carbonyl (C=O) groups is 1. The maximum Gasteiger partial charge on any atom is 0.325 e. The monoisotopic (exact) mass is 685 g/mol. The number of hydrogen-bond donors (Lipinski definition) is 2. The third kappa shape index (κ3) is 11.8. The molecule has 0 aliphatic rings. The van der Waals surface area contributed by atoms with Crippen molar-refractivity contribution in [3.05, 3.63) is 89.7 Å². The zero-order chi connectivity index (χ0) is 31.7. The third-order valence-corrected chi connectivity index (χ3v) is 10.0. The molecule has 3 heterocycles. The van der Waals surface area contributed by atoms with Gasteiger partial charge in [-0.15, -0.1) is 23.7 Å². The molecular formula is C34H44ClN5O4S2. The van der Waals surface area contributed by atoms with Gasteiger partial charge in [0.1, 0.15) is 17.4 Å². The van der Waals surface area contributed by atoms with Crippen molar-refractivity contribution in [2.45, 2.75) is 81.7 Å². The number of thiazole rings is 1. The molecule has 12 heteroatoms. The van der Waals surface area contributed by atoms with Crippen LogP contribution in [0, 0.1) is 0 Å². The summed E-state index contributed by atoms with van der Waals surface area (Å²) in [5.41, 5.74) is 2.19. The van der Waals surface area contributed by atoms with Crippen LogP contribution in [0.25, 0.3) is 10.6 Å². The van der Waals surface area contributed by atoms with E-state index in [-0.39, 0.29) is 42.2 Å². The highest BCUT2D eigenvalue weighted by atomic mass is 35.5. The Bertz CT molecular complexity index is 1540. The van der Waals surface area contributed by atoms with Crippen LogP contribution in [-0.2, 0) is 25.9 Å². The molecule has 0 radical (unpaired) electrons. The third-order valence-electron chi connectivity index (χ3n) is 7.33. The molecule has 0 aliphatic carbocycles. The zero-order valence-electron chi connectivity index (χ0n) is 26.3. The van der Waals surface area contributed by atoms with Gasteiger partial charge in [-0.25, -0.2) is 23.4 Å². The predicted octanol–water partition coefficient (Wildman–Crippen LogP) is 7.77. The van der Waals surface area contributed by atoms with Gasteiger partial charge in [0.25, 0.3) is 0 Å². The Balaban J connectivity index is 0.00000576. The number of esters is 1. The number of benzene rings is 1. The van der Waals surface area contributed by atoms with E-state index >= 15 is 0 Å². The van der Waals surface area contributed by atoms with Crippen LogP contribution in [-0.4, -0.2) is 42.5 Å². The van der Waals surface area contributed by atoms with E-state index in [1.165, 1.54) is 50.8 Å². The average molecular weight is 686 g/mol. The second kappa shape index (κ2) is 20.0. The fourth-order valence-corrected chi connectivity index (χ4v) is 6.97. The predicted molar refractivity (Wildman–Crippen MR) is 187 cm³/mol. The Morgan fingerprint density at radius 1 is 0.870 bits per heavy atom. The Hall–Kier alpha value is -3.38. The molecule has 1 unspecified atom stereocenters. The Labute approximate surface area is 283 Å². The van der Waals surface area contributed by atoms with Gasteiger partial charge in [0.2, 0.25) is 9.84 Å². The molecule has 248 valence electrons. The molecular weight excluding hydrogens is 642 g/mol. The summed E-state index contributed by atoms with van der Waals surface area (Å²) in [5, 5.41) is 7.78. The molecule has 0 saturated carbocycles. The number of aromatic nitrogens is 3. The largest absolute Gasteiger partial charge is 0.464 e. The molecule has 9 nitrogen and oxygen atoms in total. The van der Waals surface area contributed by atoms with Gasteiger partial charge >= 0.3 is 5.97 Å². The van der Waals surface area contributed by atoms with E-state index < -0.39 is 15.2 Å². The van der Waals surface area contributed by atoms with E-state index in [4.69, 9.17) is 4.74 Å². The first-order chi connectivity index (χ1) is 22.0. The lowest BCUT2D eigenvalue weighted by Gasteiger charge is -2.19. The number of halogens is 1. The summed E-state index contributed by atoms with van der Waals surface area (Å²) in [5.74, 6) is 0.00194. The van der Waals surface area contributed by atoms with Crippen LogP contribution in [0.1, 0.15) is 81.3 Å². The molecule has 0 fully saturated rings. The van der Waals surface area contributed by atoms with Crippen LogP contribution >= 0.6 is 23.7 Å². The number of carbonyl (C=O) groups excluding carboxylic acids is 1. The molecule has 0 aliphatic heterocycles. The number of pyridine rings is 2. The van der Waals surface area contributed by atoms with Crippen LogP contribution < -0.4 is 10.6 Å². The molecule has 0 amide bonds. The number of nitrogens with zero attached hydrogens (tertiary/aromatic N) is 3. The maximum absolute atomic E-state index is 13.7. The highest BCUT2D eigenvalue weighted by Crippen LogP contribution is 2.27. The number of ether oxygens (including phenoxy) is 1. The van der Waals surface area contributed by atoms with Crippen molar-refractivity contribution < 1.29 is 17.9 Å². The summed E-state index contributed by atoms with van der Waals surface area (Å²) in [7, 11) is -3.96. The minimum Gasteiger partial charge on any atom is -0.464 e. The van der Waals surface area contributed by atoms with E-state index in [1.54, 1.807) is 47.9 Å². The lowest BCUT2D eigenvalue weighted by molar-refractivity contribution is -0.141. The Morgan fingerprint density at radius 3 is 2.28 bits per heavy atom. The molecule has 0 bridgehead atoms. The number of nitrogens with one attached hydrogen (secondary N) is 2. The van der Waals surface area contributed by atoms with Gasteiger partial charge in [0.15, 0.2) is 10.4 Å². The summed E-state index contributed by atoms with van der Waals surface area (Å²) in [4.78, 5) is 25.3. The fourth-order valence-electron chi connectivity index (χ4n) is 4.86. The SMILES string of the molecule is CCCCCCCCCCCOC(=O)CNc1cccc(C(NCc2ccc(-c3nccs3)cc2)S(=O)(=O)c2ccccn2)n1.Cl. The van der Waals surface area contributed by atoms with E-state index in [2.05, 4.69) is 32.5 Å². The summed E-state index contributed by atoms with van der Waals surface area (Å²) >= 11 is 1.56. The lowest BCUT2D eigenvalue weighted by Crippen LogP contribution is -2.30. The summed E-state index contributed by atoms with van der Waals surface area (Å²) in [6.07, 6.45) is 14.0. The average Bonchev–Trinajstić information content (AvgIpc) is 3.61. The van der Waals surface area contributed by atoms with Crippen molar-refractivity contribution in [3.63, 3.8) is 0 Å². The Kier molecular flexibility index (Phi) is 16.1. The number of unbranched alkanes of at least 4 members (excludes halogenated alkanes) is 8. The van der Waals surface area contributed by atoms with Crippen molar-refractivity contribution in [1.82, 2.24) is 20.3 Å². The first-order valence-electron chi connectivity index (χ1n) is 15.7. The van der Waals surface area contributed by atoms with Gasteiger partial charge < -0.3 is 10.1 Å². The second-order valence-electron chi connectivity index (χ2n) is 10.9. The van der Waals surface area contributed by atoms with Crippen molar-refractivity contribution in [2.75, 3.05) is 18.5 Å². The molecule has 2 N–H and O–H groups in total. The molecule has 46 heavy (non-hydrogen) atoms. The van der Waals surface area contributed by atoms with E-state index in [1.807, 2.05) is 29.6 Å². The first-order valence-corrected chi connectivity index (χ1v) is 18.1. The molecule has 1 atom stereocenters. The van der Waals surface area contributed by atoms with Gasteiger partial charge in [-0.05, 0) is 36.2 Å². The van der Waals surface area contributed by atoms with E-state index in [0.717, 1.165) is 35.4 Å². The van der Waals surface area contributed by atoms with Crippen LogP contribution in [0.5, 0.6) is 0 Å². The van der Waals surface area contributed by atoms with Crippen molar-refractivity contribution in [1.29, 1.82) is 0 Å². The second-order valence-corrected chi connectivity index (χ2v) is 13.7. The van der Waals surface area contributed by atoms with Crippen LogP contribution in [0.2, 0.25) is 0 Å². The summed E-state index contributed by atoms with van der Waals surface area (Å²) in [6.45, 7) is 2.83. The molecule has 4 rings (SSSR count). The van der Waals surface area contributed by atoms with Crippen LogP contribution in [0.15, 0.2) is 83.5 Å². The summed E-state index contributed by atoms with van der Waals surface area (Å²) < 4.78 is 32.9.